The van der Waals surface area contributed by atoms with E-state index in [9.17, 15) is 0 Å². The molecule has 0 radical (unpaired) electrons. The first-order valence-corrected chi connectivity index (χ1v) is 8.66. The largest absolute Gasteiger partial charge is 0.309 e. The Morgan fingerprint density at radius 2 is 1.86 bits per heavy atom. The van der Waals surface area contributed by atoms with Crippen molar-refractivity contribution in [3.05, 3.63) is 33.8 Å². The van der Waals surface area contributed by atoms with Crippen LogP contribution in [0.15, 0.2) is 18.2 Å². The van der Waals surface area contributed by atoms with E-state index in [1.807, 2.05) is 12.1 Å². The molecule has 1 aromatic rings. The smallest absolute Gasteiger partial charge is 0.0640 e. The van der Waals surface area contributed by atoms with Gasteiger partial charge in [0, 0.05) is 5.54 Å². The molecule has 0 amide bonds. The molecule has 1 heterocycles. The topological polar surface area (TPSA) is 15.3 Å². The summed E-state index contributed by atoms with van der Waals surface area (Å²) in [7, 11) is 0. The van der Waals surface area contributed by atoms with Crippen molar-refractivity contribution in [3.63, 3.8) is 0 Å². The summed E-state index contributed by atoms with van der Waals surface area (Å²) in [5, 5.41) is 4.93. The summed E-state index contributed by atoms with van der Waals surface area (Å²) in [5.41, 5.74) is 1.10. The predicted molar refractivity (Wildman–Crippen MR) is 92.4 cm³/mol. The van der Waals surface area contributed by atoms with Gasteiger partial charge in [-0.1, -0.05) is 48.7 Å². The van der Waals surface area contributed by atoms with Crippen LogP contribution in [0.4, 0.5) is 0 Å². The van der Waals surface area contributed by atoms with Crippen LogP contribution >= 0.6 is 23.2 Å². The number of nitrogens with zero attached hydrogens (tertiary/aromatic N) is 1. The molecular weight excluding hydrogens is 303 g/mol. The summed E-state index contributed by atoms with van der Waals surface area (Å²) in [4.78, 5) is 2.58. The molecule has 1 aliphatic heterocycles. The Bertz CT molecular complexity index is 468. The number of hydrogen-bond acceptors (Lipinski definition) is 2. The zero-order valence-corrected chi connectivity index (χ0v) is 14.8. The van der Waals surface area contributed by atoms with Crippen molar-refractivity contribution >= 4 is 23.2 Å². The van der Waals surface area contributed by atoms with Gasteiger partial charge in [-0.2, -0.15) is 0 Å². The molecule has 2 nitrogen and oxygen atoms in total. The van der Waals surface area contributed by atoms with E-state index in [1.54, 1.807) is 0 Å². The number of likely N-dealkylation sites (N-methyl/N-ethyl adjacent to an activating group) is 1. The van der Waals surface area contributed by atoms with E-state index in [0.717, 1.165) is 25.2 Å². The maximum absolute atomic E-state index is 6.48. The van der Waals surface area contributed by atoms with Crippen LogP contribution in [0.2, 0.25) is 10.0 Å². The second-order valence-electron chi connectivity index (χ2n) is 6.34. The van der Waals surface area contributed by atoms with Crippen LogP contribution in [0.1, 0.15) is 51.6 Å². The number of benzene rings is 1. The minimum absolute atomic E-state index is 0.00471. The molecule has 1 atom stereocenters. The lowest BCUT2D eigenvalue weighted by atomic mass is 9.85. The summed E-state index contributed by atoms with van der Waals surface area (Å²) in [5.74, 6) is 0. The second-order valence-corrected chi connectivity index (χ2v) is 7.12. The fourth-order valence-electron chi connectivity index (χ4n) is 3.34. The van der Waals surface area contributed by atoms with E-state index in [1.165, 1.54) is 19.3 Å². The lowest BCUT2D eigenvalue weighted by molar-refractivity contribution is 0.0613. The third-order valence-electron chi connectivity index (χ3n) is 4.58. The van der Waals surface area contributed by atoms with Crippen molar-refractivity contribution < 1.29 is 0 Å². The summed E-state index contributed by atoms with van der Waals surface area (Å²) >= 11 is 12.7. The Balaban J connectivity index is 2.34. The van der Waals surface area contributed by atoms with Gasteiger partial charge in [0.05, 0.1) is 16.1 Å². The number of rotatable bonds is 5. The van der Waals surface area contributed by atoms with E-state index in [4.69, 9.17) is 23.2 Å². The van der Waals surface area contributed by atoms with Crippen LogP contribution < -0.4 is 5.32 Å². The molecule has 4 heteroatoms. The number of hydrogen-bond donors (Lipinski definition) is 1. The highest BCUT2D eigenvalue weighted by molar-refractivity contribution is 6.42. The van der Waals surface area contributed by atoms with E-state index in [2.05, 4.69) is 37.1 Å². The summed E-state index contributed by atoms with van der Waals surface area (Å²) < 4.78 is 0. The minimum Gasteiger partial charge on any atom is -0.309 e. The van der Waals surface area contributed by atoms with Gasteiger partial charge in [-0.25, -0.2) is 0 Å². The van der Waals surface area contributed by atoms with Crippen molar-refractivity contribution in [1.82, 2.24) is 10.2 Å². The van der Waals surface area contributed by atoms with Crippen molar-refractivity contribution in [1.29, 1.82) is 0 Å². The number of halogens is 2. The summed E-state index contributed by atoms with van der Waals surface area (Å²) in [6.07, 6.45) is 3.91. The molecule has 2 rings (SSSR count). The van der Waals surface area contributed by atoms with Crippen LogP contribution in [0.5, 0.6) is 0 Å². The van der Waals surface area contributed by atoms with Crippen LogP contribution in [0.25, 0.3) is 0 Å². The van der Waals surface area contributed by atoms with E-state index in [0.29, 0.717) is 10.0 Å². The minimum atomic E-state index is 0.00471. The van der Waals surface area contributed by atoms with Crippen molar-refractivity contribution in [3.8, 4) is 0 Å². The van der Waals surface area contributed by atoms with Gasteiger partial charge in [-0.15, -0.1) is 0 Å². The number of piperidine rings is 1. The molecule has 1 N–H and O–H groups in total. The Morgan fingerprint density at radius 1 is 1.19 bits per heavy atom. The fraction of sp³-hybridized carbons (Fsp3) is 0.647. The molecule has 118 valence electrons. The van der Waals surface area contributed by atoms with Gasteiger partial charge in [0.2, 0.25) is 0 Å². The van der Waals surface area contributed by atoms with Crippen molar-refractivity contribution in [2.75, 3.05) is 19.6 Å². The molecule has 1 saturated heterocycles. The van der Waals surface area contributed by atoms with Crippen molar-refractivity contribution in [2.24, 2.45) is 0 Å². The normalized spacial score (nSPS) is 18.7. The Morgan fingerprint density at radius 3 is 2.48 bits per heavy atom. The first kappa shape index (κ1) is 17.1. The Labute approximate surface area is 138 Å². The van der Waals surface area contributed by atoms with Gasteiger partial charge in [-0.3, -0.25) is 4.90 Å². The number of likely N-dealkylation sites (tertiary alicyclic amines) is 1. The summed E-state index contributed by atoms with van der Waals surface area (Å²) in [6.45, 7) is 9.98. The Kier molecular flexibility index (Phi) is 5.96. The quantitative estimate of drug-likeness (QED) is 0.826. The zero-order chi connectivity index (χ0) is 15.5. The van der Waals surface area contributed by atoms with Crippen molar-refractivity contribution in [2.45, 2.75) is 51.6 Å². The van der Waals surface area contributed by atoms with Crippen LogP contribution in [-0.4, -0.2) is 30.1 Å². The molecular formula is C17H26Cl2N2. The lowest BCUT2D eigenvalue weighted by Crippen LogP contribution is -2.54. The molecule has 0 bridgehead atoms. The van der Waals surface area contributed by atoms with E-state index < -0.39 is 0 Å². The third kappa shape index (κ3) is 3.73. The molecule has 0 spiro atoms. The number of nitrogens with one attached hydrogen (secondary N) is 1. The standard InChI is InChI=1S/C17H26Cl2N2/c1-4-20-16(13-9-8-10-14(18)15(13)19)17(2,3)21-11-6-5-7-12-21/h8-10,16,20H,4-7,11-12H2,1-3H3. The van der Waals surface area contributed by atoms with Crippen LogP contribution in [-0.2, 0) is 0 Å². The maximum Gasteiger partial charge on any atom is 0.0640 e. The monoisotopic (exact) mass is 328 g/mol. The third-order valence-corrected chi connectivity index (χ3v) is 5.41. The molecule has 0 aliphatic carbocycles. The molecule has 21 heavy (non-hydrogen) atoms. The highest BCUT2D eigenvalue weighted by Gasteiger charge is 2.37. The second kappa shape index (κ2) is 7.32. The predicted octanol–water partition coefficient (Wildman–Crippen LogP) is 4.91. The van der Waals surface area contributed by atoms with Gasteiger partial charge in [-0.05, 0) is 58.0 Å². The van der Waals surface area contributed by atoms with Gasteiger partial charge in [0.25, 0.3) is 0 Å². The van der Waals surface area contributed by atoms with Gasteiger partial charge >= 0.3 is 0 Å². The fourth-order valence-corrected chi connectivity index (χ4v) is 3.76. The average molecular weight is 329 g/mol. The summed E-state index contributed by atoms with van der Waals surface area (Å²) in [6, 6.07) is 6.10. The Hall–Kier alpha value is -0.280. The van der Waals surface area contributed by atoms with Gasteiger partial charge in [0.1, 0.15) is 0 Å². The molecule has 0 saturated carbocycles. The first-order chi connectivity index (χ1) is 9.98. The highest BCUT2D eigenvalue weighted by atomic mass is 35.5. The highest BCUT2D eigenvalue weighted by Crippen LogP contribution is 2.38. The molecule has 1 fully saturated rings. The molecule has 1 aliphatic rings. The molecule has 1 aromatic carbocycles. The van der Waals surface area contributed by atoms with Crippen LogP contribution in [0.3, 0.4) is 0 Å². The van der Waals surface area contributed by atoms with Crippen LogP contribution in [0, 0.1) is 0 Å². The van der Waals surface area contributed by atoms with Gasteiger partial charge < -0.3 is 5.32 Å². The van der Waals surface area contributed by atoms with E-state index >= 15 is 0 Å². The van der Waals surface area contributed by atoms with E-state index in [-0.39, 0.29) is 11.6 Å². The SMILES string of the molecule is CCNC(c1cccc(Cl)c1Cl)C(C)(C)N1CCCCC1. The average Bonchev–Trinajstić information content (AvgIpc) is 2.49. The molecule has 1 unspecified atom stereocenters. The zero-order valence-electron chi connectivity index (χ0n) is 13.3. The maximum atomic E-state index is 6.48. The lowest BCUT2D eigenvalue weighted by Gasteiger charge is -2.46. The molecule has 0 aromatic heterocycles. The van der Waals surface area contributed by atoms with Gasteiger partial charge in [0.15, 0.2) is 0 Å². The first-order valence-electron chi connectivity index (χ1n) is 7.90.